The molecule has 2 aliphatic heterocycles. The van der Waals surface area contributed by atoms with Gasteiger partial charge < -0.3 is 19.1 Å². The zero-order valence-electron chi connectivity index (χ0n) is 18.1. The average molecular weight is 461 g/mol. The molecule has 0 radical (unpaired) electrons. The van der Waals surface area contributed by atoms with Crippen LogP contribution in [-0.4, -0.2) is 74.5 Å². The summed E-state index contributed by atoms with van der Waals surface area (Å²) in [7, 11) is -2.02. The number of carbonyl (C=O) groups is 1. The monoisotopic (exact) mass is 460 g/mol. The van der Waals surface area contributed by atoms with Crippen molar-refractivity contribution >= 4 is 21.6 Å². The number of nitrogens with zero attached hydrogens (tertiary/aromatic N) is 4. The smallest absolute Gasteiger partial charge is 0.251 e. The van der Waals surface area contributed by atoms with E-state index in [1.165, 1.54) is 27.2 Å². The molecule has 9 nitrogen and oxygen atoms in total. The molecule has 3 heterocycles. The Morgan fingerprint density at radius 3 is 2.34 bits per heavy atom. The van der Waals surface area contributed by atoms with E-state index in [4.69, 9.17) is 4.74 Å². The Hall–Kier alpha value is -2.85. The van der Waals surface area contributed by atoms with Crippen LogP contribution in [0.25, 0.3) is 0 Å². The van der Waals surface area contributed by atoms with Gasteiger partial charge in [0.05, 0.1) is 17.7 Å². The van der Waals surface area contributed by atoms with Crippen molar-refractivity contribution in [2.24, 2.45) is 0 Å². The van der Waals surface area contributed by atoms with Crippen LogP contribution in [0.2, 0.25) is 0 Å². The fraction of sp³-hybridized carbons (Fsp3) is 0.455. The molecule has 172 valence electrons. The maximum absolute atomic E-state index is 12.9. The lowest BCUT2D eigenvalue weighted by Gasteiger charge is -2.36. The number of hydrogen-bond acceptors (Lipinski definition) is 6. The van der Waals surface area contributed by atoms with E-state index < -0.39 is 15.6 Å². The van der Waals surface area contributed by atoms with Gasteiger partial charge in [-0.1, -0.05) is 12.1 Å². The van der Waals surface area contributed by atoms with Crippen molar-refractivity contribution in [1.82, 2.24) is 13.8 Å². The number of carbonyl (C=O) groups excluding carboxylic acids is 1. The van der Waals surface area contributed by atoms with Crippen molar-refractivity contribution < 1.29 is 17.9 Å². The minimum Gasteiger partial charge on any atom is -0.495 e. The highest BCUT2D eigenvalue weighted by Crippen LogP contribution is 2.28. The highest BCUT2D eigenvalue weighted by atomic mass is 32.2. The van der Waals surface area contributed by atoms with E-state index in [9.17, 15) is 18.0 Å². The fourth-order valence-electron chi connectivity index (χ4n) is 4.20. The Morgan fingerprint density at radius 2 is 1.66 bits per heavy atom. The first-order chi connectivity index (χ1) is 15.4. The molecule has 1 aromatic heterocycles. The quantitative estimate of drug-likeness (QED) is 0.639. The van der Waals surface area contributed by atoms with Gasteiger partial charge in [-0.05, 0) is 31.0 Å². The number of ether oxygens (including phenoxy) is 1. The van der Waals surface area contributed by atoms with E-state index in [0.29, 0.717) is 39.3 Å². The van der Waals surface area contributed by atoms with Gasteiger partial charge in [-0.3, -0.25) is 9.59 Å². The van der Waals surface area contributed by atoms with Gasteiger partial charge in [-0.25, -0.2) is 8.42 Å². The molecule has 2 fully saturated rings. The molecule has 1 amide bonds. The molecule has 0 saturated carbocycles. The lowest BCUT2D eigenvalue weighted by atomic mass is 10.2. The van der Waals surface area contributed by atoms with Crippen LogP contribution >= 0.6 is 0 Å². The molecule has 0 N–H and O–H groups in total. The summed E-state index contributed by atoms with van der Waals surface area (Å²) < 4.78 is 33.7. The summed E-state index contributed by atoms with van der Waals surface area (Å²) in [6.07, 6.45) is 2.95. The molecule has 0 aliphatic carbocycles. The van der Waals surface area contributed by atoms with Crippen molar-refractivity contribution in [2.45, 2.75) is 24.3 Å². The van der Waals surface area contributed by atoms with Gasteiger partial charge in [0.25, 0.3) is 5.56 Å². The third kappa shape index (κ3) is 4.51. The first-order valence-electron chi connectivity index (χ1n) is 10.8. The number of hydrogen-bond donors (Lipinski definition) is 0. The first-order valence-corrected chi connectivity index (χ1v) is 12.2. The Balaban J connectivity index is 1.43. The second kappa shape index (κ2) is 9.33. The summed E-state index contributed by atoms with van der Waals surface area (Å²) in [5.74, 6) is 0.581. The third-order valence-corrected chi connectivity index (χ3v) is 7.91. The second-order valence-corrected chi connectivity index (χ2v) is 9.92. The van der Waals surface area contributed by atoms with Crippen LogP contribution in [-0.2, 0) is 21.4 Å². The number of para-hydroxylation sites is 2. The Kier molecular flexibility index (Phi) is 6.52. The van der Waals surface area contributed by atoms with E-state index in [0.717, 1.165) is 24.3 Å². The van der Waals surface area contributed by atoms with Gasteiger partial charge in [0.1, 0.15) is 12.3 Å². The molecule has 1 aromatic carbocycles. The molecule has 32 heavy (non-hydrogen) atoms. The Labute approximate surface area is 187 Å². The molecule has 0 spiro atoms. The zero-order valence-corrected chi connectivity index (χ0v) is 19.0. The third-order valence-electron chi connectivity index (χ3n) is 6.02. The van der Waals surface area contributed by atoms with Crippen LogP contribution < -0.4 is 15.2 Å². The van der Waals surface area contributed by atoms with Crippen LogP contribution in [0.15, 0.2) is 52.3 Å². The summed E-state index contributed by atoms with van der Waals surface area (Å²) in [4.78, 5) is 29.1. The van der Waals surface area contributed by atoms with Gasteiger partial charge in [-0.15, -0.1) is 0 Å². The van der Waals surface area contributed by atoms with Crippen molar-refractivity contribution in [3.8, 4) is 5.75 Å². The van der Waals surface area contributed by atoms with Crippen molar-refractivity contribution in [2.75, 3.05) is 51.3 Å². The predicted molar refractivity (Wildman–Crippen MR) is 120 cm³/mol. The number of rotatable bonds is 6. The molecule has 4 rings (SSSR count). The highest BCUT2D eigenvalue weighted by Gasteiger charge is 2.28. The SMILES string of the molecule is COc1ccccc1N1CCN(C(=O)Cn2cc(S(=O)(=O)N3CCCC3)ccc2=O)CC1. The van der Waals surface area contributed by atoms with E-state index >= 15 is 0 Å². The highest BCUT2D eigenvalue weighted by molar-refractivity contribution is 7.89. The molecule has 2 aromatic rings. The number of anilines is 1. The normalized spacial score (nSPS) is 17.5. The van der Waals surface area contributed by atoms with Crippen molar-refractivity contribution in [3.63, 3.8) is 0 Å². The van der Waals surface area contributed by atoms with Crippen LogP contribution in [0, 0.1) is 0 Å². The van der Waals surface area contributed by atoms with Crippen LogP contribution in [0.5, 0.6) is 5.75 Å². The van der Waals surface area contributed by atoms with Gasteiger partial charge in [0, 0.05) is 51.5 Å². The predicted octanol–water partition coefficient (Wildman–Crippen LogP) is 0.990. The summed E-state index contributed by atoms with van der Waals surface area (Å²) in [5, 5.41) is 0. The first kappa shape index (κ1) is 22.3. The summed E-state index contributed by atoms with van der Waals surface area (Å²) in [5.41, 5.74) is 0.588. The minimum atomic E-state index is -3.65. The average Bonchev–Trinajstić information content (AvgIpc) is 3.36. The number of benzene rings is 1. The van der Waals surface area contributed by atoms with E-state index in [1.54, 1.807) is 12.0 Å². The van der Waals surface area contributed by atoms with Gasteiger partial charge in [0.2, 0.25) is 15.9 Å². The van der Waals surface area contributed by atoms with E-state index in [1.807, 2.05) is 24.3 Å². The molecule has 10 heteroatoms. The summed E-state index contributed by atoms with van der Waals surface area (Å²) >= 11 is 0. The maximum Gasteiger partial charge on any atom is 0.251 e. The lowest BCUT2D eigenvalue weighted by molar-refractivity contribution is -0.132. The van der Waals surface area contributed by atoms with Gasteiger partial charge >= 0.3 is 0 Å². The van der Waals surface area contributed by atoms with E-state index in [2.05, 4.69) is 4.90 Å². The fourth-order valence-corrected chi connectivity index (χ4v) is 5.73. The minimum absolute atomic E-state index is 0.0489. The van der Waals surface area contributed by atoms with Crippen molar-refractivity contribution in [1.29, 1.82) is 0 Å². The standard InChI is InChI=1S/C22H28N4O5S/c1-31-20-7-3-2-6-19(20)23-12-14-24(15-13-23)22(28)17-25-16-18(8-9-21(25)27)32(29,30)26-10-4-5-11-26/h2-3,6-9,16H,4-5,10-15,17H2,1H3. The number of methoxy groups -OCH3 is 1. The second-order valence-electron chi connectivity index (χ2n) is 7.98. The molecular weight excluding hydrogens is 432 g/mol. The zero-order chi connectivity index (χ0) is 22.7. The van der Waals surface area contributed by atoms with Gasteiger partial charge in [-0.2, -0.15) is 4.31 Å². The Morgan fingerprint density at radius 1 is 0.969 bits per heavy atom. The molecule has 0 atom stereocenters. The van der Waals surface area contributed by atoms with Crippen LogP contribution in [0.1, 0.15) is 12.8 Å². The summed E-state index contributed by atoms with van der Waals surface area (Å²) in [6, 6.07) is 10.3. The number of amides is 1. The maximum atomic E-state index is 12.9. The number of aromatic nitrogens is 1. The van der Waals surface area contributed by atoms with Gasteiger partial charge in [0.15, 0.2) is 0 Å². The molecular formula is C22H28N4O5S. The molecule has 0 bridgehead atoms. The topological polar surface area (TPSA) is 92.2 Å². The lowest BCUT2D eigenvalue weighted by Crippen LogP contribution is -2.50. The van der Waals surface area contributed by atoms with Crippen LogP contribution in [0.3, 0.4) is 0 Å². The summed E-state index contributed by atoms with van der Waals surface area (Å²) in [6.45, 7) is 3.09. The molecule has 0 unspecified atom stereocenters. The number of pyridine rings is 1. The number of sulfonamides is 1. The van der Waals surface area contributed by atoms with Crippen LogP contribution in [0.4, 0.5) is 5.69 Å². The van der Waals surface area contributed by atoms with Crippen molar-refractivity contribution in [3.05, 3.63) is 52.9 Å². The molecule has 2 saturated heterocycles. The Bertz CT molecular complexity index is 1130. The largest absolute Gasteiger partial charge is 0.495 e. The number of piperazine rings is 1. The molecule has 2 aliphatic rings. The van der Waals surface area contributed by atoms with E-state index in [-0.39, 0.29) is 17.3 Å².